The minimum Gasteiger partial charge on any atom is -0.469 e. The van der Waals surface area contributed by atoms with E-state index in [0.29, 0.717) is 13.0 Å². The molecule has 0 aliphatic rings. The fourth-order valence-electron chi connectivity index (χ4n) is 1.11. The highest BCUT2D eigenvalue weighted by Gasteiger charge is 2.16. The van der Waals surface area contributed by atoms with E-state index in [4.69, 9.17) is 0 Å². The SMILES string of the molecule is CCCN(C)S(=O)(=O)CCCC(=O)OC. The maximum absolute atomic E-state index is 11.6. The van der Waals surface area contributed by atoms with Gasteiger partial charge in [0.1, 0.15) is 0 Å². The molecule has 6 heteroatoms. The molecule has 0 aliphatic heterocycles. The summed E-state index contributed by atoms with van der Waals surface area (Å²) < 4.78 is 28.9. The van der Waals surface area contributed by atoms with Crippen LogP contribution in [0.1, 0.15) is 26.2 Å². The Morgan fingerprint density at radius 2 is 2.00 bits per heavy atom. The monoisotopic (exact) mass is 237 g/mol. The summed E-state index contributed by atoms with van der Waals surface area (Å²) in [6.45, 7) is 2.43. The highest BCUT2D eigenvalue weighted by molar-refractivity contribution is 7.89. The van der Waals surface area contributed by atoms with Gasteiger partial charge < -0.3 is 4.74 Å². The fourth-order valence-corrected chi connectivity index (χ4v) is 2.39. The van der Waals surface area contributed by atoms with Crippen molar-refractivity contribution in [3.63, 3.8) is 0 Å². The van der Waals surface area contributed by atoms with Crippen molar-refractivity contribution in [1.82, 2.24) is 4.31 Å². The Morgan fingerprint density at radius 3 is 2.47 bits per heavy atom. The van der Waals surface area contributed by atoms with E-state index in [1.54, 1.807) is 7.05 Å². The van der Waals surface area contributed by atoms with Crippen molar-refractivity contribution >= 4 is 16.0 Å². The van der Waals surface area contributed by atoms with E-state index in [1.165, 1.54) is 11.4 Å². The standard InChI is InChI=1S/C9H19NO4S/c1-4-7-10(2)15(12,13)8-5-6-9(11)14-3/h4-8H2,1-3H3. The third kappa shape index (κ3) is 5.74. The van der Waals surface area contributed by atoms with Gasteiger partial charge in [-0.15, -0.1) is 0 Å². The van der Waals surface area contributed by atoms with Gasteiger partial charge in [-0.1, -0.05) is 6.92 Å². The molecule has 0 fully saturated rings. The van der Waals surface area contributed by atoms with Gasteiger partial charge in [0, 0.05) is 20.0 Å². The van der Waals surface area contributed by atoms with Gasteiger partial charge >= 0.3 is 5.97 Å². The molecule has 0 aromatic rings. The molecule has 0 aromatic carbocycles. The average Bonchev–Trinajstić information content (AvgIpc) is 2.17. The highest BCUT2D eigenvalue weighted by atomic mass is 32.2. The van der Waals surface area contributed by atoms with Crippen LogP contribution in [-0.2, 0) is 19.6 Å². The second-order valence-electron chi connectivity index (χ2n) is 3.32. The number of hydrogen-bond donors (Lipinski definition) is 0. The molecule has 0 bridgehead atoms. The third-order valence-corrected chi connectivity index (χ3v) is 3.96. The number of esters is 1. The molecule has 0 aliphatic carbocycles. The number of sulfonamides is 1. The van der Waals surface area contributed by atoms with E-state index in [-0.39, 0.29) is 18.1 Å². The average molecular weight is 237 g/mol. The number of nitrogens with zero attached hydrogens (tertiary/aromatic N) is 1. The van der Waals surface area contributed by atoms with Crippen LogP contribution in [0.15, 0.2) is 0 Å². The van der Waals surface area contributed by atoms with Gasteiger partial charge in [-0.3, -0.25) is 4.79 Å². The second-order valence-corrected chi connectivity index (χ2v) is 5.51. The number of hydrogen-bond acceptors (Lipinski definition) is 4. The van der Waals surface area contributed by atoms with Crippen molar-refractivity contribution in [2.24, 2.45) is 0 Å². The molecular weight excluding hydrogens is 218 g/mol. The molecule has 5 nitrogen and oxygen atoms in total. The van der Waals surface area contributed by atoms with E-state index in [1.807, 2.05) is 6.92 Å². The smallest absolute Gasteiger partial charge is 0.305 e. The molecule has 0 amide bonds. The molecule has 0 saturated carbocycles. The summed E-state index contributed by atoms with van der Waals surface area (Å²) in [5, 5.41) is 0. The van der Waals surface area contributed by atoms with Crippen molar-refractivity contribution in [1.29, 1.82) is 0 Å². The lowest BCUT2D eigenvalue weighted by Crippen LogP contribution is -2.30. The highest BCUT2D eigenvalue weighted by Crippen LogP contribution is 2.03. The Morgan fingerprint density at radius 1 is 1.40 bits per heavy atom. The molecule has 0 heterocycles. The minimum absolute atomic E-state index is 0.00139. The zero-order chi connectivity index (χ0) is 11.9. The number of carbonyl (C=O) groups is 1. The number of methoxy groups -OCH3 is 1. The number of carbonyl (C=O) groups excluding carboxylic acids is 1. The summed E-state index contributed by atoms with van der Waals surface area (Å²) in [7, 11) is -0.357. The van der Waals surface area contributed by atoms with Gasteiger partial charge in [0.25, 0.3) is 0 Å². The first-order valence-electron chi connectivity index (χ1n) is 4.95. The normalized spacial score (nSPS) is 11.7. The Bertz CT molecular complexity index is 286. The van der Waals surface area contributed by atoms with Crippen LogP contribution >= 0.6 is 0 Å². The van der Waals surface area contributed by atoms with Crippen molar-refractivity contribution in [2.75, 3.05) is 26.5 Å². The lowest BCUT2D eigenvalue weighted by molar-refractivity contribution is -0.140. The van der Waals surface area contributed by atoms with Crippen molar-refractivity contribution < 1.29 is 17.9 Å². The van der Waals surface area contributed by atoms with E-state index in [9.17, 15) is 13.2 Å². The maximum Gasteiger partial charge on any atom is 0.305 e. The van der Waals surface area contributed by atoms with Crippen LogP contribution in [0, 0.1) is 0 Å². The molecule has 0 N–H and O–H groups in total. The largest absolute Gasteiger partial charge is 0.469 e. The van der Waals surface area contributed by atoms with Crippen molar-refractivity contribution in [3.05, 3.63) is 0 Å². The van der Waals surface area contributed by atoms with E-state index in [2.05, 4.69) is 4.74 Å². The molecule has 15 heavy (non-hydrogen) atoms. The summed E-state index contributed by atoms with van der Waals surface area (Å²) in [5.74, 6) is -0.373. The predicted octanol–water partition coefficient (Wildman–Crippen LogP) is 0.611. The molecule has 0 unspecified atom stereocenters. The maximum atomic E-state index is 11.6. The van der Waals surface area contributed by atoms with Crippen LogP contribution in [0.4, 0.5) is 0 Å². The van der Waals surface area contributed by atoms with Gasteiger partial charge in [-0.05, 0) is 12.8 Å². The summed E-state index contributed by atoms with van der Waals surface area (Å²) in [6.07, 6.45) is 1.24. The van der Waals surface area contributed by atoms with Crippen LogP contribution in [0.3, 0.4) is 0 Å². The zero-order valence-corrected chi connectivity index (χ0v) is 10.3. The molecule has 0 radical (unpaired) electrons. The van der Waals surface area contributed by atoms with E-state index >= 15 is 0 Å². The predicted molar refractivity (Wildman–Crippen MR) is 58.0 cm³/mol. The van der Waals surface area contributed by atoms with Crippen LogP contribution in [-0.4, -0.2) is 45.1 Å². The third-order valence-electron chi connectivity index (χ3n) is 2.02. The number of ether oxygens (including phenoxy) is 1. The molecule has 90 valence electrons. The van der Waals surface area contributed by atoms with Crippen molar-refractivity contribution in [3.8, 4) is 0 Å². The van der Waals surface area contributed by atoms with E-state index < -0.39 is 10.0 Å². The van der Waals surface area contributed by atoms with Crippen molar-refractivity contribution in [2.45, 2.75) is 26.2 Å². The quantitative estimate of drug-likeness (QED) is 0.609. The molecular formula is C9H19NO4S. The van der Waals surface area contributed by atoms with Gasteiger partial charge in [0.2, 0.25) is 10.0 Å². The van der Waals surface area contributed by atoms with Gasteiger partial charge in [-0.2, -0.15) is 0 Å². The summed E-state index contributed by atoms with van der Waals surface area (Å²) >= 11 is 0. The number of rotatable bonds is 7. The lowest BCUT2D eigenvalue weighted by Gasteiger charge is -2.15. The Balaban J connectivity index is 3.99. The van der Waals surface area contributed by atoms with Gasteiger partial charge in [0.15, 0.2) is 0 Å². The molecule has 0 rings (SSSR count). The van der Waals surface area contributed by atoms with Crippen LogP contribution in [0.25, 0.3) is 0 Å². The molecule has 0 spiro atoms. The summed E-state index contributed by atoms with van der Waals surface area (Å²) in [6, 6.07) is 0. The molecule has 0 aromatic heterocycles. The Kier molecular flexibility index (Phi) is 6.51. The Hall–Kier alpha value is -0.620. The molecule has 0 saturated heterocycles. The van der Waals surface area contributed by atoms with Crippen LogP contribution in [0.5, 0.6) is 0 Å². The van der Waals surface area contributed by atoms with Crippen LogP contribution in [0.2, 0.25) is 0 Å². The van der Waals surface area contributed by atoms with Gasteiger partial charge in [-0.25, -0.2) is 12.7 Å². The topological polar surface area (TPSA) is 63.7 Å². The summed E-state index contributed by atoms with van der Waals surface area (Å²) in [5.41, 5.74) is 0. The first kappa shape index (κ1) is 14.4. The zero-order valence-electron chi connectivity index (χ0n) is 9.52. The minimum atomic E-state index is -3.20. The lowest BCUT2D eigenvalue weighted by atomic mass is 10.3. The second kappa shape index (κ2) is 6.79. The van der Waals surface area contributed by atoms with Gasteiger partial charge in [0.05, 0.1) is 12.9 Å². The molecule has 0 atom stereocenters. The first-order valence-corrected chi connectivity index (χ1v) is 6.55. The Labute approximate surface area is 91.5 Å². The van der Waals surface area contributed by atoms with Crippen LogP contribution < -0.4 is 0 Å². The fraction of sp³-hybridized carbons (Fsp3) is 0.889. The first-order chi connectivity index (χ1) is 6.94. The van der Waals surface area contributed by atoms with E-state index in [0.717, 1.165) is 6.42 Å². The summed E-state index contributed by atoms with van der Waals surface area (Å²) in [4.78, 5) is 10.8.